The highest BCUT2D eigenvalue weighted by molar-refractivity contribution is 6.08. The van der Waals surface area contributed by atoms with Gasteiger partial charge in [-0.1, -0.05) is 30.3 Å². The summed E-state index contributed by atoms with van der Waals surface area (Å²) in [6.45, 7) is 2.72. The molecular formula is C25H23F2N3O2. The molecule has 0 bridgehead atoms. The average molecular weight is 435 g/mol. The van der Waals surface area contributed by atoms with Crippen LogP contribution in [0.25, 0.3) is 0 Å². The van der Waals surface area contributed by atoms with Gasteiger partial charge in [-0.2, -0.15) is 0 Å². The van der Waals surface area contributed by atoms with Gasteiger partial charge in [0.2, 0.25) is 0 Å². The lowest BCUT2D eigenvalue weighted by Crippen LogP contribution is -2.49. The number of amides is 3. The van der Waals surface area contributed by atoms with Crippen molar-refractivity contribution < 1.29 is 18.4 Å². The van der Waals surface area contributed by atoms with Crippen molar-refractivity contribution in [2.45, 2.75) is 19.9 Å². The molecule has 0 spiro atoms. The summed E-state index contributed by atoms with van der Waals surface area (Å²) in [5.74, 6) is -1.37. The van der Waals surface area contributed by atoms with Crippen LogP contribution in [0.15, 0.2) is 66.7 Å². The van der Waals surface area contributed by atoms with Crippen LogP contribution in [0.3, 0.4) is 0 Å². The molecular weight excluding hydrogens is 412 g/mol. The van der Waals surface area contributed by atoms with Crippen molar-refractivity contribution in [1.29, 1.82) is 0 Å². The van der Waals surface area contributed by atoms with Crippen LogP contribution >= 0.6 is 0 Å². The Morgan fingerprint density at radius 3 is 2.56 bits per heavy atom. The zero-order valence-electron chi connectivity index (χ0n) is 17.6. The van der Waals surface area contributed by atoms with Crippen molar-refractivity contribution in [2.75, 3.05) is 23.3 Å². The minimum Gasteiger partial charge on any atom is -0.320 e. The van der Waals surface area contributed by atoms with E-state index in [1.54, 1.807) is 41.3 Å². The fraction of sp³-hybridized carbons (Fsp3) is 0.200. The molecule has 1 fully saturated rings. The number of anilines is 2. The maximum atomic E-state index is 14.1. The highest BCUT2D eigenvalue weighted by Gasteiger charge is 2.29. The van der Waals surface area contributed by atoms with Crippen molar-refractivity contribution in [2.24, 2.45) is 0 Å². The highest BCUT2D eigenvalue weighted by atomic mass is 19.1. The zero-order valence-corrected chi connectivity index (χ0v) is 17.6. The molecule has 3 aromatic carbocycles. The Labute approximate surface area is 185 Å². The minimum absolute atomic E-state index is 0.0311. The number of urea groups is 1. The largest absolute Gasteiger partial charge is 0.324 e. The van der Waals surface area contributed by atoms with Crippen LogP contribution in [0.5, 0.6) is 0 Å². The number of aryl methyl sites for hydroxylation is 1. The van der Waals surface area contributed by atoms with E-state index in [0.29, 0.717) is 36.4 Å². The van der Waals surface area contributed by atoms with Gasteiger partial charge in [-0.05, 0) is 55.3 Å². The molecule has 1 saturated heterocycles. The van der Waals surface area contributed by atoms with Crippen LogP contribution in [0.1, 0.15) is 27.9 Å². The predicted molar refractivity (Wildman–Crippen MR) is 120 cm³/mol. The first-order valence-electron chi connectivity index (χ1n) is 10.4. The molecule has 5 nitrogen and oxygen atoms in total. The first-order chi connectivity index (χ1) is 15.4. The third kappa shape index (κ3) is 4.46. The van der Waals surface area contributed by atoms with E-state index in [4.69, 9.17) is 0 Å². The van der Waals surface area contributed by atoms with Crippen LogP contribution in [0.4, 0.5) is 25.0 Å². The number of hydrogen-bond donors (Lipinski definition) is 1. The maximum absolute atomic E-state index is 14.1. The molecule has 0 unspecified atom stereocenters. The van der Waals surface area contributed by atoms with Crippen molar-refractivity contribution in [3.05, 3.63) is 95.1 Å². The smallest absolute Gasteiger partial charge is 0.320 e. The summed E-state index contributed by atoms with van der Waals surface area (Å²) in [5, 5.41) is 2.91. The molecule has 4 rings (SSSR count). The van der Waals surface area contributed by atoms with E-state index in [0.717, 1.165) is 23.8 Å². The molecule has 1 aliphatic rings. The summed E-state index contributed by atoms with van der Waals surface area (Å²) in [6.07, 6.45) is 0.656. The molecule has 7 heteroatoms. The van der Waals surface area contributed by atoms with Gasteiger partial charge in [-0.3, -0.25) is 9.69 Å². The van der Waals surface area contributed by atoms with E-state index in [1.807, 2.05) is 19.1 Å². The summed E-state index contributed by atoms with van der Waals surface area (Å²) < 4.78 is 27.7. The summed E-state index contributed by atoms with van der Waals surface area (Å²) in [6, 6.07) is 17.2. The normalized spacial score (nSPS) is 13.9. The topological polar surface area (TPSA) is 52.7 Å². The van der Waals surface area contributed by atoms with Crippen molar-refractivity contribution in [3.8, 4) is 0 Å². The van der Waals surface area contributed by atoms with Crippen LogP contribution in [-0.2, 0) is 6.54 Å². The van der Waals surface area contributed by atoms with Crippen LogP contribution in [-0.4, -0.2) is 29.9 Å². The Bertz CT molecular complexity index is 1170. The standard InChI is InChI=1S/C25H23F2N3O2/c1-17-7-2-3-8-20(17)24(31)28-22-9-4-5-10-23(22)30-14-6-13-29(25(30)32)16-18-15-19(26)11-12-21(18)27/h2-5,7-12,15H,6,13-14,16H2,1H3,(H,28,31). The molecule has 1 aliphatic heterocycles. The van der Waals surface area contributed by atoms with Gasteiger partial charge < -0.3 is 10.2 Å². The maximum Gasteiger partial charge on any atom is 0.324 e. The molecule has 1 N–H and O–H groups in total. The van der Waals surface area contributed by atoms with E-state index < -0.39 is 11.6 Å². The number of hydrogen-bond acceptors (Lipinski definition) is 2. The molecule has 0 radical (unpaired) electrons. The second kappa shape index (κ2) is 9.18. The monoisotopic (exact) mass is 435 g/mol. The summed E-state index contributed by atoms with van der Waals surface area (Å²) in [4.78, 5) is 29.1. The van der Waals surface area contributed by atoms with Crippen molar-refractivity contribution >= 4 is 23.3 Å². The van der Waals surface area contributed by atoms with Gasteiger partial charge >= 0.3 is 6.03 Å². The number of carbonyl (C=O) groups excluding carboxylic acids is 2. The van der Waals surface area contributed by atoms with E-state index >= 15 is 0 Å². The lowest BCUT2D eigenvalue weighted by molar-refractivity contribution is 0.102. The lowest BCUT2D eigenvalue weighted by Gasteiger charge is -2.36. The van der Waals surface area contributed by atoms with Gasteiger partial charge in [0.25, 0.3) is 5.91 Å². The number of rotatable bonds is 5. The first kappa shape index (κ1) is 21.5. The molecule has 0 aliphatic carbocycles. The van der Waals surface area contributed by atoms with Crippen molar-refractivity contribution in [3.63, 3.8) is 0 Å². The van der Waals surface area contributed by atoms with Gasteiger partial charge in [0.15, 0.2) is 0 Å². The van der Waals surface area contributed by atoms with Gasteiger partial charge in [0, 0.05) is 24.2 Å². The van der Waals surface area contributed by atoms with Crippen LogP contribution in [0.2, 0.25) is 0 Å². The fourth-order valence-electron chi connectivity index (χ4n) is 3.85. The van der Waals surface area contributed by atoms with E-state index in [9.17, 15) is 18.4 Å². The third-order valence-electron chi connectivity index (χ3n) is 5.51. The number of nitrogens with zero attached hydrogens (tertiary/aromatic N) is 2. The number of para-hydroxylation sites is 2. The SMILES string of the molecule is Cc1ccccc1C(=O)Nc1ccccc1N1CCCN(Cc2cc(F)ccc2F)C1=O. The molecule has 3 aromatic rings. The third-order valence-corrected chi connectivity index (χ3v) is 5.51. The first-order valence-corrected chi connectivity index (χ1v) is 10.4. The Hall–Kier alpha value is -3.74. The number of benzene rings is 3. The predicted octanol–water partition coefficient (Wildman–Crippen LogP) is 5.36. The number of carbonyl (C=O) groups is 2. The van der Waals surface area contributed by atoms with Gasteiger partial charge in [-0.25, -0.2) is 13.6 Å². The van der Waals surface area contributed by atoms with Crippen molar-refractivity contribution in [1.82, 2.24) is 4.90 Å². The fourth-order valence-corrected chi connectivity index (χ4v) is 3.85. The molecule has 0 aromatic heterocycles. The Morgan fingerprint density at radius 2 is 1.75 bits per heavy atom. The quantitative estimate of drug-likeness (QED) is 0.587. The molecule has 1 heterocycles. The van der Waals surface area contributed by atoms with E-state index in [-0.39, 0.29) is 24.0 Å². The molecule has 0 atom stereocenters. The molecule has 32 heavy (non-hydrogen) atoms. The number of nitrogens with one attached hydrogen (secondary N) is 1. The average Bonchev–Trinajstić information content (AvgIpc) is 2.78. The molecule has 164 valence electrons. The lowest BCUT2D eigenvalue weighted by atomic mass is 10.1. The Balaban J connectivity index is 1.57. The zero-order chi connectivity index (χ0) is 22.7. The highest BCUT2D eigenvalue weighted by Crippen LogP contribution is 2.30. The minimum atomic E-state index is -0.554. The van der Waals surface area contributed by atoms with E-state index in [1.165, 1.54) is 4.90 Å². The summed E-state index contributed by atoms with van der Waals surface area (Å²) in [5.41, 5.74) is 2.59. The van der Waals surface area contributed by atoms with Crippen LogP contribution < -0.4 is 10.2 Å². The van der Waals surface area contributed by atoms with Crippen LogP contribution in [0, 0.1) is 18.6 Å². The van der Waals surface area contributed by atoms with E-state index in [2.05, 4.69) is 5.32 Å². The van der Waals surface area contributed by atoms with Gasteiger partial charge in [0.1, 0.15) is 11.6 Å². The Morgan fingerprint density at radius 1 is 1.00 bits per heavy atom. The second-order valence-corrected chi connectivity index (χ2v) is 7.73. The molecule has 3 amide bonds. The summed E-state index contributed by atoms with van der Waals surface area (Å²) in [7, 11) is 0. The van der Waals surface area contributed by atoms with Gasteiger partial charge in [0.05, 0.1) is 17.9 Å². The second-order valence-electron chi connectivity index (χ2n) is 7.73. The molecule has 0 saturated carbocycles. The summed E-state index contributed by atoms with van der Waals surface area (Å²) >= 11 is 0. The number of halogens is 2. The van der Waals surface area contributed by atoms with Gasteiger partial charge in [-0.15, -0.1) is 0 Å². The Kier molecular flexibility index (Phi) is 6.16.